The summed E-state index contributed by atoms with van der Waals surface area (Å²) in [5.74, 6) is 0.873. The molecule has 0 unspecified atom stereocenters. The Hall–Kier alpha value is -6.45. The Morgan fingerprint density at radius 2 is 0.906 bits per heavy atom. The predicted molar refractivity (Wildman–Crippen MR) is 218 cm³/mol. The van der Waals surface area contributed by atoms with Gasteiger partial charge in [-0.2, -0.15) is 0 Å². The lowest BCUT2D eigenvalue weighted by Gasteiger charge is -2.47. The van der Waals surface area contributed by atoms with Gasteiger partial charge in [-0.1, -0.05) is 184 Å². The fourth-order valence-corrected chi connectivity index (χ4v) is 9.22. The van der Waals surface area contributed by atoms with Gasteiger partial charge in [-0.05, 0) is 61.7 Å². The number of fused-ring (bicyclic) bond motifs is 9. The molecule has 10 rings (SSSR count). The van der Waals surface area contributed by atoms with E-state index in [2.05, 4.69) is 207 Å². The van der Waals surface area contributed by atoms with Crippen molar-refractivity contribution in [2.45, 2.75) is 24.7 Å². The summed E-state index contributed by atoms with van der Waals surface area (Å²) >= 11 is 0. The standard InChI is InChI=1S/C50H39N3/c1-49(2)42-24-14-15-25-43(42)50(40-22-12-10-20-38(40)39-21-11-13-23-41(39)50)44-31-30-37(32-45(44)49)47-46(35-18-8-5-9-19-35)51-48(53(3)52-47)36-28-26-34(27-29-36)33-16-6-4-7-17-33/h4-32,52H,1-3H3. The van der Waals surface area contributed by atoms with E-state index < -0.39 is 5.41 Å². The van der Waals surface area contributed by atoms with E-state index in [1.807, 2.05) is 0 Å². The molecule has 1 N–H and O–H groups in total. The lowest BCUT2D eigenvalue weighted by Crippen LogP contribution is -2.42. The first kappa shape index (κ1) is 31.3. The zero-order valence-electron chi connectivity index (χ0n) is 30.1. The largest absolute Gasteiger partial charge is 0.294 e. The lowest BCUT2D eigenvalue weighted by atomic mass is 9.55. The number of nitrogens with zero attached hydrogens (tertiary/aromatic N) is 2. The third-order valence-electron chi connectivity index (χ3n) is 11.7. The minimum Gasteiger partial charge on any atom is -0.294 e. The Labute approximate surface area is 311 Å². The number of hydrogen-bond acceptors (Lipinski definition) is 3. The van der Waals surface area contributed by atoms with Crippen LogP contribution in [0.15, 0.2) is 181 Å². The molecular formula is C50H39N3. The number of rotatable bonds is 4. The van der Waals surface area contributed by atoms with E-state index in [0.29, 0.717) is 0 Å². The number of nitrogens with one attached hydrogen (secondary N) is 1. The van der Waals surface area contributed by atoms with Crippen molar-refractivity contribution < 1.29 is 0 Å². The van der Waals surface area contributed by atoms with E-state index in [-0.39, 0.29) is 5.41 Å². The zero-order valence-corrected chi connectivity index (χ0v) is 30.1. The third-order valence-corrected chi connectivity index (χ3v) is 11.7. The maximum absolute atomic E-state index is 5.44. The second-order valence-electron chi connectivity index (χ2n) is 14.9. The van der Waals surface area contributed by atoms with E-state index in [1.54, 1.807) is 0 Å². The molecule has 2 aliphatic carbocycles. The molecule has 7 aromatic rings. The van der Waals surface area contributed by atoms with E-state index >= 15 is 0 Å². The number of benzene rings is 7. The summed E-state index contributed by atoms with van der Waals surface area (Å²) in [6.07, 6.45) is 0. The van der Waals surface area contributed by atoms with Crippen LogP contribution in [0, 0.1) is 0 Å². The zero-order chi connectivity index (χ0) is 35.7. The number of amidine groups is 1. The summed E-state index contributed by atoms with van der Waals surface area (Å²) in [5.41, 5.74) is 21.4. The van der Waals surface area contributed by atoms with Crippen LogP contribution in [0.4, 0.5) is 0 Å². The minimum absolute atomic E-state index is 0.247. The van der Waals surface area contributed by atoms with Gasteiger partial charge in [0.05, 0.1) is 16.8 Å². The van der Waals surface area contributed by atoms with Crippen molar-refractivity contribution in [2.24, 2.45) is 4.99 Å². The molecule has 53 heavy (non-hydrogen) atoms. The van der Waals surface area contributed by atoms with E-state index in [9.17, 15) is 0 Å². The second-order valence-corrected chi connectivity index (χ2v) is 14.9. The van der Waals surface area contributed by atoms with Crippen LogP contribution in [0.25, 0.3) is 33.6 Å². The van der Waals surface area contributed by atoms with Crippen LogP contribution in [0.5, 0.6) is 0 Å². The molecule has 0 amide bonds. The first-order valence-electron chi connectivity index (χ1n) is 18.5. The van der Waals surface area contributed by atoms with Gasteiger partial charge in [-0.25, -0.2) is 4.99 Å². The molecule has 1 aliphatic heterocycles. The first-order chi connectivity index (χ1) is 26.0. The van der Waals surface area contributed by atoms with Gasteiger partial charge >= 0.3 is 0 Å². The van der Waals surface area contributed by atoms with E-state index in [0.717, 1.165) is 33.9 Å². The Balaban J connectivity index is 1.18. The molecule has 1 heterocycles. The highest BCUT2D eigenvalue weighted by atomic mass is 15.5. The van der Waals surface area contributed by atoms with Crippen molar-refractivity contribution in [2.75, 3.05) is 7.05 Å². The number of hydrazine groups is 1. The quantitative estimate of drug-likeness (QED) is 0.200. The number of hydrogen-bond donors (Lipinski definition) is 1. The summed E-state index contributed by atoms with van der Waals surface area (Å²) in [5, 5.41) is 2.06. The fourth-order valence-electron chi connectivity index (χ4n) is 9.22. The lowest BCUT2D eigenvalue weighted by molar-refractivity contribution is 0.441. The molecular weight excluding hydrogens is 643 g/mol. The molecule has 3 heteroatoms. The first-order valence-corrected chi connectivity index (χ1v) is 18.5. The maximum atomic E-state index is 5.44. The Morgan fingerprint density at radius 1 is 0.434 bits per heavy atom. The topological polar surface area (TPSA) is 27.6 Å². The Bertz CT molecular complexity index is 2570. The predicted octanol–water partition coefficient (Wildman–Crippen LogP) is 11.1. The molecule has 0 atom stereocenters. The van der Waals surface area contributed by atoms with Crippen molar-refractivity contribution >= 4 is 17.2 Å². The van der Waals surface area contributed by atoms with Crippen molar-refractivity contribution in [3.8, 4) is 22.3 Å². The average Bonchev–Trinajstić information content (AvgIpc) is 3.51. The van der Waals surface area contributed by atoms with Crippen LogP contribution in [0.2, 0.25) is 0 Å². The van der Waals surface area contributed by atoms with Crippen molar-refractivity contribution in [1.82, 2.24) is 10.4 Å². The van der Waals surface area contributed by atoms with Crippen molar-refractivity contribution in [3.63, 3.8) is 0 Å². The fraction of sp³-hybridized carbons (Fsp3) is 0.100. The highest BCUT2D eigenvalue weighted by Gasteiger charge is 2.53. The van der Waals surface area contributed by atoms with Crippen LogP contribution in [0.1, 0.15) is 63.9 Å². The molecule has 3 nitrogen and oxygen atoms in total. The van der Waals surface area contributed by atoms with Crippen molar-refractivity contribution in [1.29, 1.82) is 0 Å². The van der Waals surface area contributed by atoms with E-state index in [4.69, 9.17) is 4.99 Å². The van der Waals surface area contributed by atoms with Gasteiger partial charge in [0.1, 0.15) is 0 Å². The monoisotopic (exact) mass is 681 g/mol. The summed E-state index contributed by atoms with van der Waals surface area (Å²) < 4.78 is 0. The normalized spacial score (nSPS) is 15.9. The van der Waals surface area contributed by atoms with Crippen LogP contribution in [0.3, 0.4) is 0 Å². The summed E-state index contributed by atoms with van der Waals surface area (Å²) in [4.78, 5) is 5.44. The molecule has 0 fully saturated rings. The van der Waals surface area contributed by atoms with Gasteiger partial charge in [0.15, 0.2) is 5.84 Å². The summed E-state index contributed by atoms with van der Waals surface area (Å²) in [6, 6.07) is 64.1. The third kappa shape index (κ3) is 4.57. The molecule has 0 saturated carbocycles. The van der Waals surface area contributed by atoms with E-state index in [1.165, 1.54) is 55.6 Å². The van der Waals surface area contributed by atoms with Crippen LogP contribution in [-0.4, -0.2) is 17.9 Å². The smallest absolute Gasteiger partial charge is 0.154 e. The van der Waals surface area contributed by atoms with Gasteiger partial charge in [0, 0.05) is 29.2 Å². The highest BCUT2D eigenvalue weighted by Crippen LogP contribution is 2.62. The summed E-state index contributed by atoms with van der Waals surface area (Å²) in [7, 11) is 2.06. The van der Waals surface area contributed by atoms with Crippen LogP contribution < -0.4 is 5.43 Å². The second kappa shape index (κ2) is 11.8. The van der Waals surface area contributed by atoms with Crippen LogP contribution in [-0.2, 0) is 10.8 Å². The highest BCUT2D eigenvalue weighted by molar-refractivity contribution is 6.07. The molecule has 1 spiro atoms. The van der Waals surface area contributed by atoms with Crippen LogP contribution >= 0.6 is 0 Å². The Kier molecular flexibility index (Phi) is 6.97. The molecule has 3 aliphatic rings. The summed E-state index contributed by atoms with van der Waals surface area (Å²) in [6.45, 7) is 4.77. The molecule has 0 radical (unpaired) electrons. The van der Waals surface area contributed by atoms with Gasteiger partial charge in [-0.3, -0.25) is 10.4 Å². The molecule has 7 aromatic carbocycles. The maximum Gasteiger partial charge on any atom is 0.154 e. The average molecular weight is 682 g/mol. The molecule has 0 saturated heterocycles. The Morgan fingerprint density at radius 3 is 1.55 bits per heavy atom. The van der Waals surface area contributed by atoms with Gasteiger partial charge < -0.3 is 0 Å². The molecule has 0 aromatic heterocycles. The number of aliphatic imine (C=N–C) groups is 1. The minimum atomic E-state index is -0.419. The van der Waals surface area contributed by atoms with Gasteiger partial charge in [-0.15, -0.1) is 0 Å². The molecule has 0 bridgehead atoms. The van der Waals surface area contributed by atoms with Gasteiger partial charge in [0.2, 0.25) is 0 Å². The van der Waals surface area contributed by atoms with Gasteiger partial charge in [0.25, 0.3) is 0 Å². The van der Waals surface area contributed by atoms with Crippen molar-refractivity contribution in [3.05, 3.63) is 226 Å². The SMILES string of the molecule is CN1NC(c2ccc3c(c2)C(C)(C)c2ccccc2C32c3ccccc3-c3ccccc32)=C(c2ccccc2)N=C1c1ccc(-c2ccccc2)cc1. The molecule has 254 valence electrons.